The monoisotopic (exact) mass is 261 g/mol. The highest BCUT2D eigenvalue weighted by Crippen LogP contribution is 2.51. The van der Waals surface area contributed by atoms with Gasteiger partial charge in [0.25, 0.3) is 0 Å². The molecule has 1 aromatic carbocycles. The van der Waals surface area contributed by atoms with Gasteiger partial charge in [-0.05, 0) is 49.3 Å². The maximum Gasteiger partial charge on any atom is 0.124 e. The molecule has 1 atom stereocenters. The largest absolute Gasteiger partial charge is 0.496 e. The van der Waals surface area contributed by atoms with Crippen molar-refractivity contribution in [2.24, 2.45) is 11.1 Å². The van der Waals surface area contributed by atoms with Gasteiger partial charge in [0.1, 0.15) is 5.75 Å². The Kier molecular flexibility index (Phi) is 3.65. The maximum atomic E-state index is 6.91. The highest BCUT2D eigenvalue weighted by Gasteiger charge is 2.46. The Morgan fingerprint density at radius 3 is 2.32 bits per heavy atom. The van der Waals surface area contributed by atoms with Crippen LogP contribution in [0.3, 0.4) is 0 Å². The van der Waals surface area contributed by atoms with E-state index < -0.39 is 0 Å². The minimum Gasteiger partial charge on any atom is -0.496 e. The number of nitrogens with two attached hydrogens (primary N) is 1. The van der Waals surface area contributed by atoms with Gasteiger partial charge in [0.05, 0.1) is 12.6 Å². The average Bonchev–Trinajstić information content (AvgIpc) is 2.31. The molecule has 0 radical (unpaired) electrons. The van der Waals surface area contributed by atoms with Gasteiger partial charge >= 0.3 is 0 Å². The zero-order valence-electron chi connectivity index (χ0n) is 13.0. The highest BCUT2D eigenvalue weighted by atomic mass is 16.5. The van der Waals surface area contributed by atoms with Crippen LogP contribution < -0.4 is 10.5 Å². The Labute approximate surface area is 117 Å². The predicted molar refractivity (Wildman–Crippen MR) is 80.6 cm³/mol. The van der Waals surface area contributed by atoms with E-state index in [-0.39, 0.29) is 11.0 Å². The van der Waals surface area contributed by atoms with E-state index >= 15 is 0 Å². The normalized spacial score (nSPS) is 26.2. The summed E-state index contributed by atoms with van der Waals surface area (Å²) in [7, 11) is 1.75. The lowest BCUT2D eigenvalue weighted by atomic mass is 9.60. The molecule has 2 rings (SSSR count). The summed E-state index contributed by atoms with van der Waals surface area (Å²) in [6, 6.07) is 4.33. The summed E-state index contributed by atoms with van der Waals surface area (Å²) in [4.78, 5) is 0. The Bertz CT molecular complexity index is 478. The van der Waals surface area contributed by atoms with Gasteiger partial charge in [-0.25, -0.2) is 0 Å². The molecule has 0 aliphatic heterocycles. The topological polar surface area (TPSA) is 35.2 Å². The molecule has 0 spiro atoms. The smallest absolute Gasteiger partial charge is 0.124 e. The number of methoxy groups -OCH3 is 1. The molecule has 2 nitrogen and oxygen atoms in total. The first-order valence-corrected chi connectivity index (χ1v) is 7.26. The van der Waals surface area contributed by atoms with E-state index in [2.05, 4.69) is 39.8 Å². The molecule has 0 heterocycles. The second-order valence-electron chi connectivity index (χ2n) is 6.72. The fourth-order valence-electron chi connectivity index (χ4n) is 3.66. The molecule has 0 amide bonds. The van der Waals surface area contributed by atoms with Crippen LogP contribution in [0.15, 0.2) is 12.1 Å². The molecule has 1 aliphatic carbocycles. The van der Waals surface area contributed by atoms with Crippen LogP contribution in [0.5, 0.6) is 5.75 Å². The molecule has 1 saturated carbocycles. The van der Waals surface area contributed by atoms with E-state index in [1.54, 1.807) is 7.11 Å². The van der Waals surface area contributed by atoms with Crippen molar-refractivity contribution in [2.45, 2.75) is 58.9 Å². The summed E-state index contributed by atoms with van der Waals surface area (Å²) in [6.07, 6.45) is 4.70. The van der Waals surface area contributed by atoms with E-state index in [1.165, 1.54) is 36.0 Å². The van der Waals surface area contributed by atoms with Crippen molar-refractivity contribution >= 4 is 0 Å². The number of hydrogen-bond acceptors (Lipinski definition) is 2. The van der Waals surface area contributed by atoms with Gasteiger partial charge in [0, 0.05) is 5.56 Å². The van der Waals surface area contributed by atoms with Crippen molar-refractivity contribution in [3.63, 3.8) is 0 Å². The van der Waals surface area contributed by atoms with E-state index in [0.717, 1.165) is 12.2 Å². The molecule has 106 valence electrons. The quantitative estimate of drug-likeness (QED) is 0.871. The molecule has 0 saturated heterocycles. The maximum absolute atomic E-state index is 6.91. The average molecular weight is 261 g/mol. The summed E-state index contributed by atoms with van der Waals surface area (Å²) in [5.74, 6) is 0.954. The lowest BCUT2D eigenvalue weighted by molar-refractivity contribution is 0.0945. The third-order valence-electron chi connectivity index (χ3n) is 4.94. The van der Waals surface area contributed by atoms with Gasteiger partial charge in [0.2, 0.25) is 0 Å². The van der Waals surface area contributed by atoms with Gasteiger partial charge in [-0.3, -0.25) is 0 Å². The molecule has 0 aromatic heterocycles. The van der Waals surface area contributed by atoms with E-state index in [0.29, 0.717) is 0 Å². The third kappa shape index (κ3) is 2.27. The predicted octanol–water partition coefficient (Wildman–Crippen LogP) is 4.07. The Morgan fingerprint density at radius 1 is 1.11 bits per heavy atom. The van der Waals surface area contributed by atoms with Crippen molar-refractivity contribution in [2.75, 3.05) is 7.11 Å². The SMILES string of the molecule is COc1cc(C)cc(C)c1C1(N)CCCCC1(C)C. The van der Waals surface area contributed by atoms with Gasteiger partial charge in [-0.1, -0.05) is 32.8 Å². The van der Waals surface area contributed by atoms with Crippen LogP contribution in [0.4, 0.5) is 0 Å². The van der Waals surface area contributed by atoms with Gasteiger partial charge < -0.3 is 10.5 Å². The van der Waals surface area contributed by atoms with Crippen molar-refractivity contribution in [1.82, 2.24) is 0 Å². The first kappa shape index (κ1) is 14.4. The van der Waals surface area contributed by atoms with Crippen LogP contribution in [0.2, 0.25) is 0 Å². The first-order chi connectivity index (χ1) is 8.82. The van der Waals surface area contributed by atoms with Crippen LogP contribution in [0.1, 0.15) is 56.2 Å². The summed E-state index contributed by atoms with van der Waals surface area (Å²) in [5.41, 5.74) is 10.4. The second-order valence-corrected chi connectivity index (χ2v) is 6.72. The minimum absolute atomic E-state index is 0.110. The first-order valence-electron chi connectivity index (χ1n) is 7.26. The third-order valence-corrected chi connectivity index (χ3v) is 4.94. The van der Waals surface area contributed by atoms with Crippen molar-refractivity contribution < 1.29 is 4.74 Å². The van der Waals surface area contributed by atoms with Gasteiger partial charge in [0.15, 0.2) is 0 Å². The molecule has 2 heteroatoms. The second kappa shape index (κ2) is 4.82. The van der Waals surface area contributed by atoms with Crippen LogP contribution in [0, 0.1) is 19.3 Å². The van der Waals surface area contributed by atoms with Crippen molar-refractivity contribution in [3.05, 3.63) is 28.8 Å². The fourth-order valence-corrected chi connectivity index (χ4v) is 3.66. The summed E-state index contributed by atoms with van der Waals surface area (Å²) in [6.45, 7) is 8.86. The zero-order valence-corrected chi connectivity index (χ0v) is 13.0. The molecule has 1 aliphatic rings. The Balaban J connectivity index is 2.62. The molecular weight excluding hydrogens is 234 g/mol. The van der Waals surface area contributed by atoms with Crippen LogP contribution in [-0.4, -0.2) is 7.11 Å². The lowest BCUT2D eigenvalue weighted by Gasteiger charge is -2.49. The van der Waals surface area contributed by atoms with Crippen molar-refractivity contribution in [1.29, 1.82) is 0 Å². The molecule has 1 aromatic rings. The van der Waals surface area contributed by atoms with E-state index in [1.807, 2.05) is 0 Å². The van der Waals surface area contributed by atoms with Crippen LogP contribution in [0.25, 0.3) is 0 Å². The van der Waals surface area contributed by atoms with E-state index in [4.69, 9.17) is 10.5 Å². The summed E-state index contributed by atoms with van der Waals surface area (Å²) >= 11 is 0. The van der Waals surface area contributed by atoms with Crippen LogP contribution >= 0.6 is 0 Å². The van der Waals surface area contributed by atoms with Gasteiger partial charge in [-0.2, -0.15) is 0 Å². The lowest BCUT2D eigenvalue weighted by Crippen LogP contribution is -2.52. The number of hydrogen-bond donors (Lipinski definition) is 1. The highest BCUT2D eigenvalue weighted by molar-refractivity contribution is 5.48. The number of ether oxygens (including phenoxy) is 1. The number of aryl methyl sites for hydroxylation is 2. The summed E-state index contributed by atoms with van der Waals surface area (Å²) < 4.78 is 5.64. The molecule has 0 bridgehead atoms. The van der Waals surface area contributed by atoms with Crippen LogP contribution in [-0.2, 0) is 5.54 Å². The summed E-state index contributed by atoms with van der Waals surface area (Å²) in [5, 5.41) is 0. The Hall–Kier alpha value is -1.02. The molecule has 1 fully saturated rings. The molecule has 1 unspecified atom stereocenters. The molecular formula is C17H27NO. The molecule has 2 N–H and O–H groups in total. The number of rotatable bonds is 2. The fraction of sp³-hybridized carbons (Fsp3) is 0.647. The van der Waals surface area contributed by atoms with Gasteiger partial charge in [-0.15, -0.1) is 0 Å². The minimum atomic E-state index is -0.283. The van der Waals surface area contributed by atoms with Crippen molar-refractivity contribution in [3.8, 4) is 5.75 Å². The standard InChI is InChI=1S/C17H27NO/c1-12-10-13(2)15(14(11-12)19-5)17(18)9-7-6-8-16(17,3)4/h10-11H,6-9,18H2,1-5H3. The van der Waals surface area contributed by atoms with E-state index in [9.17, 15) is 0 Å². The number of benzene rings is 1. The Morgan fingerprint density at radius 2 is 1.74 bits per heavy atom. The molecule has 19 heavy (non-hydrogen) atoms. The zero-order chi connectivity index (χ0) is 14.3.